The highest BCUT2D eigenvalue weighted by Crippen LogP contribution is 2.26. The van der Waals surface area contributed by atoms with E-state index in [1.807, 2.05) is 35.2 Å². The van der Waals surface area contributed by atoms with Crippen molar-refractivity contribution in [3.63, 3.8) is 0 Å². The summed E-state index contributed by atoms with van der Waals surface area (Å²) in [5, 5.41) is 0. The quantitative estimate of drug-likeness (QED) is 0.732. The topological polar surface area (TPSA) is 79.0 Å². The van der Waals surface area contributed by atoms with E-state index in [1.54, 1.807) is 0 Å². The van der Waals surface area contributed by atoms with Crippen molar-refractivity contribution >= 4 is 15.9 Å². The average Bonchev–Trinajstić information content (AvgIpc) is 3.37. The number of rotatable bonds is 7. The lowest BCUT2D eigenvalue weighted by atomic mass is 10.1. The van der Waals surface area contributed by atoms with Gasteiger partial charge in [-0.3, -0.25) is 9.69 Å². The Morgan fingerprint density at radius 3 is 2.75 bits per heavy atom. The number of fused-ring (bicyclic) bond motifs is 2. The minimum atomic E-state index is -3.34. The first-order valence-corrected chi connectivity index (χ1v) is 11.9. The van der Waals surface area contributed by atoms with Crippen LogP contribution in [-0.2, 0) is 14.8 Å². The number of hydrogen-bond acceptors (Lipinski definition) is 5. The number of nitrogens with one attached hydrogen (secondary N) is 1. The van der Waals surface area contributed by atoms with Gasteiger partial charge < -0.3 is 9.64 Å². The maximum absolute atomic E-state index is 12.9. The molecular formula is C20H29N3O4S. The number of ether oxygens (including phenoxy) is 1. The number of amides is 1. The minimum absolute atomic E-state index is 0.0175. The van der Waals surface area contributed by atoms with E-state index in [0.29, 0.717) is 25.1 Å². The molecule has 0 radical (unpaired) electrons. The van der Waals surface area contributed by atoms with Crippen LogP contribution in [0, 0.1) is 0 Å². The van der Waals surface area contributed by atoms with Crippen LogP contribution in [0.1, 0.15) is 36.0 Å². The predicted molar refractivity (Wildman–Crippen MR) is 107 cm³/mol. The molecule has 1 amide bonds. The lowest BCUT2D eigenvalue weighted by Gasteiger charge is -2.40. The van der Waals surface area contributed by atoms with Gasteiger partial charge >= 0.3 is 0 Å². The van der Waals surface area contributed by atoms with Crippen molar-refractivity contribution in [2.75, 3.05) is 38.5 Å². The van der Waals surface area contributed by atoms with Crippen LogP contribution in [0.15, 0.2) is 30.3 Å². The summed E-state index contributed by atoms with van der Waals surface area (Å²) in [5.41, 5.74) is 0.693. The Balaban J connectivity index is 1.34. The zero-order valence-electron chi connectivity index (χ0n) is 16.1. The Bertz CT molecular complexity index is 780. The first kappa shape index (κ1) is 19.8. The van der Waals surface area contributed by atoms with Gasteiger partial charge in [0.1, 0.15) is 0 Å². The summed E-state index contributed by atoms with van der Waals surface area (Å²) in [6.07, 6.45) is 3.53. The molecule has 0 spiro atoms. The summed E-state index contributed by atoms with van der Waals surface area (Å²) in [6.45, 7) is 3.37. The van der Waals surface area contributed by atoms with Crippen molar-refractivity contribution in [3.8, 4) is 0 Å². The number of piperazine rings is 1. The zero-order valence-corrected chi connectivity index (χ0v) is 16.9. The fourth-order valence-electron chi connectivity index (χ4n) is 4.49. The summed E-state index contributed by atoms with van der Waals surface area (Å²) in [6, 6.07) is 9.57. The summed E-state index contributed by atoms with van der Waals surface area (Å²) < 4.78 is 33.1. The molecule has 8 heteroatoms. The van der Waals surface area contributed by atoms with Crippen molar-refractivity contribution in [3.05, 3.63) is 35.9 Å². The van der Waals surface area contributed by atoms with Crippen molar-refractivity contribution in [2.45, 2.75) is 43.9 Å². The second-order valence-corrected chi connectivity index (χ2v) is 9.93. The summed E-state index contributed by atoms with van der Waals surface area (Å²) in [7, 11) is -3.34. The van der Waals surface area contributed by atoms with Crippen LogP contribution in [0.5, 0.6) is 0 Å². The second kappa shape index (κ2) is 8.49. The number of benzene rings is 1. The third kappa shape index (κ3) is 4.56. The van der Waals surface area contributed by atoms with Crippen LogP contribution in [0.3, 0.4) is 0 Å². The lowest BCUT2D eigenvalue weighted by Crippen LogP contribution is -2.57. The van der Waals surface area contributed by atoms with Gasteiger partial charge in [0, 0.05) is 50.4 Å². The molecule has 1 aromatic rings. The Morgan fingerprint density at radius 2 is 2.00 bits per heavy atom. The molecule has 3 saturated heterocycles. The zero-order chi connectivity index (χ0) is 19.6. The van der Waals surface area contributed by atoms with Gasteiger partial charge in [0.05, 0.1) is 11.9 Å². The van der Waals surface area contributed by atoms with E-state index in [4.69, 9.17) is 4.74 Å². The van der Waals surface area contributed by atoms with Crippen LogP contribution in [-0.4, -0.2) is 80.9 Å². The number of nitrogens with zero attached hydrogens (tertiary/aromatic N) is 2. The number of sulfonamides is 1. The Kier molecular flexibility index (Phi) is 6.01. The molecule has 1 unspecified atom stereocenters. The van der Waals surface area contributed by atoms with Gasteiger partial charge in [-0.05, 0) is 37.8 Å². The Morgan fingerprint density at radius 1 is 1.18 bits per heavy atom. The molecule has 3 aliphatic rings. The van der Waals surface area contributed by atoms with Gasteiger partial charge in [-0.25, -0.2) is 13.1 Å². The highest BCUT2D eigenvalue weighted by atomic mass is 32.2. The highest BCUT2D eigenvalue weighted by Gasteiger charge is 2.41. The van der Waals surface area contributed by atoms with Crippen molar-refractivity contribution in [2.24, 2.45) is 0 Å². The molecule has 154 valence electrons. The summed E-state index contributed by atoms with van der Waals surface area (Å²) in [4.78, 5) is 17.2. The predicted octanol–water partition coefficient (Wildman–Crippen LogP) is 1.07. The van der Waals surface area contributed by atoms with Gasteiger partial charge in [-0.2, -0.15) is 0 Å². The van der Waals surface area contributed by atoms with E-state index in [-0.39, 0.29) is 29.8 Å². The molecule has 4 atom stereocenters. The normalized spacial score (nSPS) is 29.9. The van der Waals surface area contributed by atoms with Crippen LogP contribution in [0.4, 0.5) is 0 Å². The Hall–Kier alpha value is -1.48. The molecule has 0 aliphatic carbocycles. The molecule has 1 N–H and O–H groups in total. The van der Waals surface area contributed by atoms with E-state index in [0.717, 1.165) is 39.0 Å². The largest absolute Gasteiger partial charge is 0.378 e. The van der Waals surface area contributed by atoms with Gasteiger partial charge in [-0.1, -0.05) is 18.2 Å². The van der Waals surface area contributed by atoms with Gasteiger partial charge in [0.25, 0.3) is 5.91 Å². The van der Waals surface area contributed by atoms with Gasteiger partial charge in [-0.15, -0.1) is 0 Å². The first-order valence-electron chi connectivity index (χ1n) is 10.2. The third-order valence-electron chi connectivity index (χ3n) is 6.11. The van der Waals surface area contributed by atoms with E-state index in [9.17, 15) is 13.2 Å². The van der Waals surface area contributed by atoms with E-state index < -0.39 is 10.0 Å². The maximum atomic E-state index is 12.9. The fraction of sp³-hybridized carbons (Fsp3) is 0.650. The summed E-state index contributed by atoms with van der Waals surface area (Å²) >= 11 is 0. The van der Waals surface area contributed by atoms with Crippen LogP contribution in [0.25, 0.3) is 0 Å². The second-order valence-electron chi connectivity index (χ2n) is 8.01. The average molecular weight is 408 g/mol. The number of carbonyl (C=O) groups is 1. The molecule has 0 aromatic heterocycles. The number of hydrogen-bond donors (Lipinski definition) is 1. The molecule has 4 rings (SSSR count). The van der Waals surface area contributed by atoms with Crippen molar-refractivity contribution in [1.29, 1.82) is 0 Å². The third-order valence-corrected chi connectivity index (χ3v) is 7.49. The molecule has 3 heterocycles. The molecule has 3 fully saturated rings. The SMILES string of the molecule is O=C(c1ccccc1)N1C[C@@H](CNS(=O)(=O)CC[C@@H]2CCCO2)N2CC[C@H]1C2. The van der Waals surface area contributed by atoms with E-state index >= 15 is 0 Å². The van der Waals surface area contributed by atoms with Crippen molar-refractivity contribution < 1.29 is 17.9 Å². The van der Waals surface area contributed by atoms with Gasteiger partial charge in [0.2, 0.25) is 10.0 Å². The Labute approximate surface area is 167 Å². The highest BCUT2D eigenvalue weighted by molar-refractivity contribution is 7.89. The lowest BCUT2D eigenvalue weighted by molar-refractivity contribution is 0.0502. The summed E-state index contributed by atoms with van der Waals surface area (Å²) in [5.74, 6) is 0.137. The molecule has 0 saturated carbocycles. The van der Waals surface area contributed by atoms with Crippen LogP contribution >= 0.6 is 0 Å². The maximum Gasteiger partial charge on any atom is 0.254 e. The van der Waals surface area contributed by atoms with Gasteiger partial charge in [0.15, 0.2) is 0 Å². The van der Waals surface area contributed by atoms with Crippen LogP contribution < -0.4 is 4.72 Å². The molecular weight excluding hydrogens is 378 g/mol. The van der Waals surface area contributed by atoms with E-state index in [2.05, 4.69) is 9.62 Å². The smallest absolute Gasteiger partial charge is 0.254 e. The molecule has 2 bridgehead atoms. The fourth-order valence-corrected chi connectivity index (χ4v) is 5.65. The first-order chi connectivity index (χ1) is 13.5. The molecule has 3 aliphatic heterocycles. The van der Waals surface area contributed by atoms with Crippen molar-refractivity contribution in [1.82, 2.24) is 14.5 Å². The minimum Gasteiger partial charge on any atom is -0.378 e. The monoisotopic (exact) mass is 407 g/mol. The van der Waals surface area contributed by atoms with E-state index in [1.165, 1.54) is 0 Å². The number of carbonyl (C=O) groups excluding carboxylic acids is 1. The molecule has 28 heavy (non-hydrogen) atoms. The van der Waals surface area contributed by atoms with Crippen LogP contribution in [0.2, 0.25) is 0 Å². The standard InChI is InChI=1S/C20H29N3O4S/c24-20(16-5-2-1-3-6-16)23-15-18(22-10-8-17(23)14-22)13-21-28(25,26)12-9-19-7-4-11-27-19/h1-3,5-6,17-19,21H,4,7-15H2/t17-,18+,19-/m0/s1. The molecule has 7 nitrogen and oxygen atoms in total. The molecule has 1 aromatic carbocycles.